The summed E-state index contributed by atoms with van der Waals surface area (Å²) < 4.78 is 3.61. The van der Waals surface area contributed by atoms with E-state index in [2.05, 4.69) is 10.4 Å². The summed E-state index contributed by atoms with van der Waals surface area (Å²) in [5.74, 6) is -0.213. The van der Waals surface area contributed by atoms with Crippen molar-refractivity contribution in [1.82, 2.24) is 14.3 Å². The third-order valence-corrected chi connectivity index (χ3v) is 4.44. The summed E-state index contributed by atoms with van der Waals surface area (Å²) in [6.07, 6.45) is 5.17. The quantitative estimate of drug-likeness (QED) is 0.600. The standard InChI is InChI=1S/C19H15ClN4O/c1-23-10-9-14-16(6-4-8-17(14)23)22-19(25)13-11-21-24(12-13)18-7-3-2-5-15(18)20/h2-12H,1H3,(H,22,25). The molecule has 0 spiro atoms. The lowest BCUT2D eigenvalue weighted by atomic mass is 10.2. The van der Waals surface area contributed by atoms with Crippen LogP contribution in [-0.4, -0.2) is 20.3 Å². The van der Waals surface area contributed by atoms with Crippen molar-refractivity contribution in [1.29, 1.82) is 0 Å². The van der Waals surface area contributed by atoms with Crippen molar-refractivity contribution in [3.63, 3.8) is 0 Å². The summed E-state index contributed by atoms with van der Waals surface area (Å²) in [4.78, 5) is 12.6. The van der Waals surface area contributed by atoms with Crippen LogP contribution in [0.5, 0.6) is 0 Å². The maximum Gasteiger partial charge on any atom is 0.258 e. The van der Waals surface area contributed by atoms with E-state index in [1.54, 1.807) is 16.9 Å². The van der Waals surface area contributed by atoms with E-state index in [4.69, 9.17) is 11.6 Å². The van der Waals surface area contributed by atoms with Gasteiger partial charge in [-0.3, -0.25) is 4.79 Å². The Morgan fingerprint density at radius 1 is 1.12 bits per heavy atom. The van der Waals surface area contributed by atoms with Crippen LogP contribution in [0, 0.1) is 0 Å². The number of aromatic nitrogens is 3. The zero-order valence-corrected chi connectivity index (χ0v) is 14.2. The van der Waals surface area contributed by atoms with Crippen molar-refractivity contribution < 1.29 is 4.79 Å². The van der Waals surface area contributed by atoms with Crippen LogP contribution in [0.1, 0.15) is 10.4 Å². The molecule has 25 heavy (non-hydrogen) atoms. The van der Waals surface area contributed by atoms with E-state index >= 15 is 0 Å². The molecule has 0 saturated carbocycles. The number of amides is 1. The molecule has 0 atom stereocenters. The Bertz CT molecular complexity index is 1080. The number of hydrogen-bond acceptors (Lipinski definition) is 2. The van der Waals surface area contributed by atoms with Crippen molar-refractivity contribution in [3.8, 4) is 5.69 Å². The Morgan fingerprint density at radius 3 is 2.80 bits per heavy atom. The Kier molecular flexibility index (Phi) is 3.78. The second-order valence-electron chi connectivity index (χ2n) is 5.74. The molecule has 1 N–H and O–H groups in total. The van der Waals surface area contributed by atoms with Gasteiger partial charge in [-0.15, -0.1) is 0 Å². The average molecular weight is 351 g/mol. The molecule has 1 amide bonds. The van der Waals surface area contributed by atoms with Crippen LogP contribution in [0.3, 0.4) is 0 Å². The molecular weight excluding hydrogens is 336 g/mol. The number of carbonyl (C=O) groups excluding carboxylic acids is 1. The fraction of sp³-hybridized carbons (Fsp3) is 0.0526. The number of nitrogens with zero attached hydrogens (tertiary/aromatic N) is 3. The molecule has 124 valence electrons. The molecule has 0 bridgehead atoms. The van der Waals surface area contributed by atoms with Gasteiger partial charge in [-0.25, -0.2) is 4.68 Å². The highest BCUT2D eigenvalue weighted by atomic mass is 35.5. The lowest BCUT2D eigenvalue weighted by Gasteiger charge is -2.06. The summed E-state index contributed by atoms with van der Waals surface area (Å²) in [7, 11) is 1.97. The molecule has 4 rings (SSSR count). The molecule has 2 aromatic heterocycles. The molecular formula is C19H15ClN4O. The first-order valence-corrected chi connectivity index (χ1v) is 8.16. The van der Waals surface area contributed by atoms with Gasteiger partial charge < -0.3 is 9.88 Å². The first kappa shape index (κ1) is 15.5. The zero-order valence-electron chi connectivity index (χ0n) is 13.5. The molecule has 0 fully saturated rings. The van der Waals surface area contributed by atoms with E-state index in [9.17, 15) is 4.79 Å². The highest BCUT2D eigenvalue weighted by molar-refractivity contribution is 6.32. The normalized spacial score (nSPS) is 11.0. The number of nitrogens with one attached hydrogen (secondary N) is 1. The van der Waals surface area contributed by atoms with Gasteiger partial charge in [0.1, 0.15) is 0 Å². The highest BCUT2D eigenvalue weighted by Gasteiger charge is 2.13. The minimum Gasteiger partial charge on any atom is -0.350 e. The van der Waals surface area contributed by atoms with E-state index in [-0.39, 0.29) is 5.91 Å². The molecule has 0 aliphatic rings. The number of para-hydroxylation sites is 1. The number of carbonyl (C=O) groups is 1. The van der Waals surface area contributed by atoms with Gasteiger partial charge in [0.15, 0.2) is 0 Å². The smallest absolute Gasteiger partial charge is 0.258 e. The molecule has 0 aliphatic carbocycles. The van der Waals surface area contributed by atoms with Crippen molar-refractivity contribution in [3.05, 3.63) is 77.7 Å². The van der Waals surface area contributed by atoms with Crippen LogP contribution in [0.25, 0.3) is 16.6 Å². The lowest BCUT2D eigenvalue weighted by Crippen LogP contribution is -2.11. The van der Waals surface area contributed by atoms with Crippen molar-refractivity contribution in [2.75, 3.05) is 5.32 Å². The van der Waals surface area contributed by atoms with Gasteiger partial charge in [-0.2, -0.15) is 5.10 Å². The largest absolute Gasteiger partial charge is 0.350 e. The van der Waals surface area contributed by atoms with Gasteiger partial charge in [0, 0.05) is 30.3 Å². The SMILES string of the molecule is Cn1ccc2c(NC(=O)c3cnn(-c4ccccc4Cl)c3)cccc21. The second kappa shape index (κ2) is 6.11. The summed E-state index contributed by atoms with van der Waals surface area (Å²) in [5.41, 5.74) is 3.03. The molecule has 5 nitrogen and oxygen atoms in total. The van der Waals surface area contributed by atoms with Crippen LogP contribution in [-0.2, 0) is 7.05 Å². The van der Waals surface area contributed by atoms with E-state index in [0.29, 0.717) is 10.6 Å². The van der Waals surface area contributed by atoms with Gasteiger partial charge in [0.05, 0.1) is 28.2 Å². The predicted octanol–water partition coefficient (Wildman–Crippen LogP) is 4.27. The minimum absolute atomic E-state index is 0.213. The first-order valence-electron chi connectivity index (χ1n) is 7.78. The third-order valence-electron chi connectivity index (χ3n) is 4.12. The fourth-order valence-corrected chi connectivity index (χ4v) is 3.04. The summed E-state index contributed by atoms with van der Waals surface area (Å²) >= 11 is 6.18. The number of fused-ring (bicyclic) bond motifs is 1. The Hall–Kier alpha value is -3.05. The van der Waals surface area contributed by atoms with Crippen LogP contribution in [0.2, 0.25) is 5.02 Å². The van der Waals surface area contributed by atoms with Crippen LogP contribution >= 0.6 is 11.6 Å². The number of anilines is 1. The van der Waals surface area contributed by atoms with Gasteiger partial charge in [-0.1, -0.05) is 29.8 Å². The Balaban J connectivity index is 1.63. The number of aryl methyl sites for hydroxylation is 1. The molecule has 0 unspecified atom stereocenters. The lowest BCUT2D eigenvalue weighted by molar-refractivity contribution is 0.102. The maximum atomic E-state index is 12.6. The van der Waals surface area contributed by atoms with Crippen molar-refractivity contribution in [2.24, 2.45) is 7.05 Å². The van der Waals surface area contributed by atoms with Crippen LogP contribution in [0.15, 0.2) is 67.1 Å². The van der Waals surface area contributed by atoms with Crippen LogP contribution < -0.4 is 5.32 Å². The molecule has 6 heteroatoms. The van der Waals surface area contributed by atoms with Gasteiger partial charge in [0.2, 0.25) is 0 Å². The second-order valence-corrected chi connectivity index (χ2v) is 6.15. The van der Waals surface area contributed by atoms with E-state index in [1.165, 1.54) is 6.20 Å². The third kappa shape index (κ3) is 2.79. The number of rotatable bonds is 3. The molecule has 4 aromatic rings. The molecule has 0 saturated heterocycles. The van der Waals surface area contributed by atoms with Gasteiger partial charge in [0.25, 0.3) is 5.91 Å². The molecule has 2 heterocycles. The topological polar surface area (TPSA) is 51.9 Å². The fourth-order valence-electron chi connectivity index (χ4n) is 2.82. The Morgan fingerprint density at radius 2 is 1.96 bits per heavy atom. The zero-order chi connectivity index (χ0) is 17.4. The molecule has 2 aromatic carbocycles. The van der Waals surface area contributed by atoms with E-state index in [0.717, 1.165) is 22.3 Å². The number of hydrogen-bond donors (Lipinski definition) is 1. The maximum absolute atomic E-state index is 12.6. The van der Waals surface area contributed by atoms with E-state index < -0.39 is 0 Å². The van der Waals surface area contributed by atoms with Crippen LogP contribution in [0.4, 0.5) is 5.69 Å². The summed E-state index contributed by atoms with van der Waals surface area (Å²) in [6.45, 7) is 0. The average Bonchev–Trinajstić information content (AvgIpc) is 3.24. The Labute approximate surface area is 149 Å². The summed E-state index contributed by atoms with van der Waals surface area (Å²) in [5, 5.41) is 8.77. The summed E-state index contributed by atoms with van der Waals surface area (Å²) in [6, 6.07) is 15.2. The van der Waals surface area contributed by atoms with Gasteiger partial charge in [-0.05, 0) is 30.3 Å². The van der Waals surface area contributed by atoms with Crippen molar-refractivity contribution in [2.45, 2.75) is 0 Å². The predicted molar refractivity (Wildman–Crippen MR) is 99.4 cm³/mol. The number of halogens is 1. The monoisotopic (exact) mass is 350 g/mol. The molecule has 0 aliphatic heterocycles. The highest BCUT2D eigenvalue weighted by Crippen LogP contribution is 2.25. The number of benzene rings is 2. The van der Waals surface area contributed by atoms with Crippen molar-refractivity contribution >= 4 is 34.1 Å². The minimum atomic E-state index is -0.213. The van der Waals surface area contributed by atoms with E-state index in [1.807, 2.05) is 60.3 Å². The first-order chi connectivity index (χ1) is 12.1. The van der Waals surface area contributed by atoms with Gasteiger partial charge >= 0.3 is 0 Å². The molecule has 0 radical (unpaired) electrons.